The van der Waals surface area contributed by atoms with Crippen molar-refractivity contribution in [3.63, 3.8) is 0 Å². The highest BCUT2D eigenvalue weighted by molar-refractivity contribution is 5.94. The molecular weight excluding hydrogens is 260 g/mol. The maximum Gasteiger partial charge on any atom is 0.0743 e. The van der Waals surface area contributed by atoms with E-state index in [1.165, 1.54) is 0 Å². The summed E-state index contributed by atoms with van der Waals surface area (Å²) in [5.41, 5.74) is 14.3. The van der Waals surface area contributed by atoms with Gasteiger partial charge in [-0.05, 0) is 37.1 Å². The predicted octanol–water partition coefficient (Wildman–Crippen LogP) is 5.46. The Morgan fingerprint density at radius 1 is 1.05 bits per heavy atom. The van der Waals surface area contributed by atoms with E-state index in [2.05, 4.69) is 16.1 Å². The largest absolute Gasteiger partial charge is 0.247 e. The lowest BCUT2D eigenvalue weighted by Gasteiger charge is -2.09. The third-order valence-corrected chi connectivity index (χ3v) is 3.45. The number of benzene rings is 2. The van der Waals surface area contributed by atoms with Crippen molar-refractivity contribution in [2.24, 2.45) is 5.11 Å². The molecular formula is C17H14N4. The van der Waals surface area contributed by atoms with Crippen LogP contribution in [0.15, 0.2) is 53.6 Å². The second-order valence-corrected chi connectivity index (χ2v) is 5.06. The van der Waals surface area contributed by atoms with Crippen LogP contribution in [0.25, 0.3) is 32.6 Å². The molecule has 0 aliphatic heterocycles. The second kappa shape index (κ2) is 5.27. The molecule has 102 valence electrons. The molecule has 0 N–H and O–H groups in total. The molecule has 3 aromatic rings. The average Bonchev–Trinajstić information content (AvgIpc) is 2.49. The number of hydrogen-bond donors (Lipinski definition) is 0. The van der Waals surface area contributed by atoms with Crippen LogP contribution in [0.3, 0.4) is 0 Å². The quantitative estimate of drug-likeness (QED) is 0.347. The van der Waals surface area contributed by atoms with Crippen LogP contribution in [0.1, 0.15) is 11.1 Å². The molecule has 0 aliphatic rings. The Morgan fingerprint density at radius 2 is 1.81 bits per heavy atom. The van der Waals surface area contributed by atoms with Gasteiger partial charge in [0.15, 0.2) is 0 Å². The minimum absolute atomic E-state index is 0.619. The molecule has 4 heteroatoms. The van der Waals surface area contributed by atoms with Gasteiger partial charge in [0.25, 0.3) is 0 Å². The molecule has 1 aromatic heterocycles. The highest BCUT2D eigenvalue weighted by Gasteiger charge is 2.09. The first-order valence-electron chi connectivity index (χ1n) is 6.71. The first-order valence-corrected chi connectivity index (χ1v) is 6.71. The van der Waals surface area contributed by atoms with Crippen LogP contribution in [0.2, 0.25) is 0 Å². The number of pyridine rings is 1. The van der Waals surface area contributed by atoms with E-state index in [1.807, 2.05) is 56.3 Å². The highest BCUT2D eigenvalue weighted by Crippen LogP contribution is 2.32. The van der Waals surface area contributed by atoms with Gasteiger partial charge in [-0.2, -0.15) is 0 Å². The zero-order valence-electron chi connectivity index (χ0n) is 11.9. The van der Waals surface area contributed by atoms with Gasteiger partial charge in [-0.15, -0.1) is 0 Å². The lowest BCUT2D eigenvalue weighted by Crippen LogP contribution is -1.90. The van der Waals surface area contributed by atoms with Crippen LogP contribution < -0.4 is 0 Å². The van der Waals surface area contributed by atoms with Crippen LogP contribution in [-0.4, -0.2) is 4.98 Å². The Hall–Kier alpha value is -2.84. The van der Waals surface area contributed by atoms with Gasteiger partial charge in [-0.25, -0.2) is 4.98 Å². The molecule has 0 aliphatic carbocycles. The maximum atomic E-state index is 8.82. The van der Waals surface area contributed by atoms with E-state index in [0.29, 0.717) is 5.69 Å². The lowest BCUT2D eigenvalue weighted by molar-refractivity contribution is 1.32. The van der Waals surface area contributed by atoms with Gasteiger partial charge in [-0.3, -0.25) is 0 Å². The van der Waals surface area contributed by atoms with Gasteiger partial charge >= 0.3 is 0 Å². The normalized spacial score (nSPS) is 10.4. The Bertz CT molecular complexity index is 863. The predicted molar refractivity (Wildman–Crippen MR) is 85.5 cm³/mol. The average molecular weight is 274 g/mol. The molecule has 0 unspecified atom stereocenters. The molecule has 0 saturated carbocycles. The number of fused-ring (bicyclic) bond motifs is 1. The van der Waals surface area contributed by atoms with E-state index in [0.717, 1.165) is 33.3 Å². The zero-order valence-corrected chi connectivity index (χ0v) is 11.9. The molecule has 2 aromatic carbocycles. The van der Waals surface area contributed by atoms with Crippen LogP contribution in [-0.2, 0) is 0 Å². The first-order chi connectivity index (χ1) is 10.2. The van der Waals surface area contributed by atoms with Crippen LogP contribution in [0.5, 0.6) is 0 Å². The van der Waals surface area contributed by atoms with Crippen molar-refractivity contribution >= 4 is 16.6 Å². The SMILES string of the molecule is Cc1cc(C)c2nc(-c3ccccc3)cc(N=[N+]=[N-])c2c1. The van der Waals surface area contributed by atoms with Crippen LogP contribution in [0, 0.1) is 13.8 Å². The zero-order chi connectivity index (χ0) is 14.8. The molecule has 1 heterocycles. The van der Waals surface area contributed by atoms with E-state index in [4.69, 9.17) is 10.5 Å². The summed E-state index contributed by atoms with van der Waals surface area (Å²) in [6.07, 6.45) is 0. The molecule has 0 saturated heterocycles. The molecule has 3 rings (SSSR count). The molecule has 0 atom stereocenters. The summed E-state index contributed by atoms with van der Waals surface area (Å²) < 4.78 is 0. The van der Waals surface area contributed by atoms with Crippen molar-refractivity contribution in [3.05, 3.63) is 70.1 Å². The summed E-state index contributed by atoms with van der Waals surface area (Å²) in [7, 11) is 0. The number of azide groups is 1. The monoisotopic (exact) mass is 274 g/mol. The highest BCUT2D eigenvalue weighted by atomic mass is 15.1. The molecule has 0 spiro atoms. The summed E-state index contributed by atoms with van der Waals surface area (Å²) in [4.78, 5) is 7.69. The smallest absolute Gasteiger partial charge is 0.0743 e. The Balaban J connectivity index is 2.37. The summed E-state index contributed by atoms with van der Waals surface area (Å²) in [5.74, 6) is 0. The van der Waals surface area contributed by atoms with E-state index < -0.39 is 0 Å². The van der Waals surface area contributed by atoms with Crippen LogP contribution in [0.4, 0.5) is 5.69 Å². The summed E-state index contributed by atoms with van der Waals surface area (Å²) in [5, 5.41) is 4.74. The summed E-state index contributed by atoms with van der Waals surface area (Å²) in [6, 6.07) is 15.8. The molecule has 21 heavy (non-hydrogen) atoms. The topological polar surface area (TPSA) is 61.7 Å². The third-order valence-electron chi connectivity index (χ3n) is 3.45. The Morgan fingerprint density at radius 3 is 2.52 bits per heavy atom. The number of rotatable bonds is 2. The fourth-order valence-electron chi connectivity index (χ4n) is 2.55. The fraction of sp³-hybridized carbons (Fsp3) is 0.118. The number of nitrogens with zero attached hydrogens (tertiary/aromatic N) is 4. The van der Waals surface area contributed by atoms with Gasteiger partial charge in [0.1, 0.15) is 0 Å². The second-order valence-electron chi connectivity index (χ2n) is 5.06. The number of aromatic nitrogens is 1. The standard InChI is InChI=1S/C17H14N4/c1-11-8-12(2)17-14(9-11)16(20-21-18)10-15(19-17)13-6-4-3-5-7-13/h3-10H,1-2H3. The molecule has 0 amide bonds. The van der Waals surface area contributed by atoms with E-state index in [1.54, 1.807) is 0 Å². The van der Waals surface area contributed by atoms with Crippen molar-refractivity contribution in [1.82, 2.24) is 4.98 Å². The van der Waals surface area contributed by atoms with Gasteiger partial charge in [0.2, 0.25) is 0 Å². The van der Waals surface area contributed by atoms with Crippen molar-refractivity contribution in [3.8, 4) is 11.3 Å². The number of aryl methyl sites for hydroxylation is 2. The van der Waals surface area contributed by atoms with Crippen molar-refractivity contribution < 1.29 is 0 Å². The molecule has 0 bridgehead atoms. The van der Waals surface area contributed by atoms with Crippen molar-refractivity contribution in [2.75, 3.05) is 0 Å². The fourth-order valence-corrected chi connectivity index (χ4v) is 2.55. The lowest BCUT2D eigenvalue weighted by atomic mass is 10.0. The Kier molecular flexibility index (Phi) is 3.30. The molecule has 0 fully saturated rings. The van der Waals surface area contributed by atoms with Gasteiger partial charge in [0.05, 0.1) is 11.2 Å². The minimum Gasteiger partial charge on any atom is -0.247 e. The van der Waals surface area contributed by atoms with Crippen molar-refractivity contribution in [2.45, 2.75) is 13.8 Å². The number of hydrogen-bond acceptors (Lipinski definition) is 2. The maximum absolute atomic E-state index is 8.82. The summed E-state index contributed by atoms with van der Waals surface area (Å²) in [6.45, 7) is 4.05. The van der Waals surface area contributed by atoms with Gasteiger partial charge in [0, 0.05) is 21.5 Å². The minimum atomic E-state index is 0.619. The Labute approximate surface area is 122 Å². The van der Waals surface area contributed by atoms with Crippen molar-refractivity contribution in [1.29, 1.82) is 0 Å². The van der Waals surface area contributed by atoms with E-state index in [-0.39, 0.29) is 0 Å². The summed E-state index contributed by atoms with van der Waals surface area (Å²) >= 11 is 0. The van der Waals surface area contributed by atoms with E-state index in [9.17, 15) is 0 Å². The van der Waals surface area contributed by atoms with Gasteiger partial charge in [-0.1, -0.05) is 47.1 Å². The third kappa shape index (κ3) is 2.45. The van der Waals surface area contributed by atoms with E-state index >= 15 is 0 Å². The molecule has 4 nitrogen and oxygen atoms in total. The first kappa shape index (κ1) is 13.2. The van der Waals surface area contributed by atoms with Crippen LogP contribution >= 0.6 is 0 Å². The van der Waals surface area contributed by atoms with Gasteiger partial charge < -0.3 is 0 Å². The molecule has 0 radical (unpaired) electrons.